The van der Waals surface area contributed by atoms with Crippen LogP contribution in [0.15, 0.2) is 18.2 Å². The van der Waals surface area contributed by atoms with Crippen LogP contribution < -0.4 is 10.1 Å². The first-order chi connectivity index (χ1) is 10.4. The number of halogens is 3. The first-order valence-corrected chi connectivity index (χ1v) is 6.46. The number of benzene rings is 1. The van der Waals surface area contributed by atoms with Gasteiger partial charge in [0.1, 0.15) is 5.75 Å². The molecule has 1 aliphatic rings. The highest BCUT2D eigenvalue weighted by molar-refractivity contribution is 5.90. The molecule has 0 fully saturated rings. The summed E-state index contributed by atoms with van der Waals surface area (Å²) in [7, 11) is 0. The Morgan fingerprint density at radius 3 is 2.95 bits per heavy atom. The first kappa shape index (κ1) is 14.4. The Morgan fingerprint density at radius 1 is 1.41 bits per heavy atom. The Morgan fingerprint density at radius 2 is 2.23 bits per heavy atom. The zero-order chi connectivity index (χ0) is 15.7. The standard InChI is InChI=1S/C13H11F3N4O2/c14-13(15,16)11-18-12(20-19-11)17-10(21)6-7-1-2-9-8(5-7)3-4-22-9/h1-2,5H,3-4,6H2,(H2,17,18,19,20,21). The number of ether oxygens (including phenoxy) is 1. The number of nitrogens with zero attached hydrogens (tertiary/aromatic N) is 2. The van der Waals surface area contributed by atoms with Crippen LogP contribution in [-0.2, 0) is 23.8 Å². The molecule has 0 bridgehead atoms. The minimum atomic E-state index is -4.63. The minimum absolute atomic E-state index is 0.0170. The van der Waals surface area contributed by atoms with Gasteiger partial charge in [0.05, 0.1) is 13.0 Å². The van der Waals surface area contributed by atoms with Crippen molar-refractivity contribution in [1.29, 1.82) is 0 Å². The van der Waals surface area contributed by atoms with Crippen molar-refractivity contribution in [3.8, 4) is 5.75 Å². The fourth-order valence-electron chi connectivity index (χ4n) is 2.15. The summed E-state index contributed by atoms with van der Waals surface area (Å²) in [5, 5.41) is 7.27. The normalized spacial score (nSPS) is 13.6. The number of alkyl halides is 3. The average molecular weight is 312 g/mol. The summed E-state index contributed by atoms with van der Waals surface area (Å²) in [5.74, 6) is -1.35. The van der Waals surface area contributed by atoms with Gasteiger partial charge in [0.15, 0.2) is 0 Å². The van der Waals surface area contributed by atoms with Crippen molar-refractivity contribution in [1.82, 2.24) is 15.2 Å². The Bertz CT molecular complexity index is 712. The average Bonchev–Trinajstić information content (AvgIpc) is 3.05. The van der Waals surface area contributed by atoms with Crippen LogP contribution in [-0.4, -0.2) is 27.7 Å². The molecule has 0 saturated heterocycles. The Labute approximate surface area is 122 Å². The number of hydrogen-bond donors (Lipinski definition) is 2. The van der Waals surface area contributed by atoms with Crippen LogP contribution in [0.2, 0.25) is 0 Å². The summed E-state index contributed by atoms with van der Waals surface area (Å²) in [4.78, 5) is 15.0. The van der Waals surface area contributed by atoms with Crippen molar-refractivity contribution < 1.29 is 22.7 Å². The lowest BCUT2D eigenvalue weighted by atomic mass is 10.1. The van der Waals surface area contributed by atoms with Crippen LogP contribution in [0.5, 0.6) is 5.75 Å². The molecule has 1 aliphatic heterocycles. The largest absolute Gasteiger partial charge is 0.493 e. The summed E-state index contributed by atoms with van der Waals surface area (Å²) in [6.07, 6.45) is -3.83. The molecule has 2 heterocycles. The number of carbonyl (C=O) groups excluding carboxylic acids is 1. The van der Waals surface area contributed by atoms with E-state index in [1.165, 1.54) is 0 Å². The fraction of sp³-hybridized carbons (Fsp3) is 0.308. The quantitative estimate of drug-likeness (QED) is 0.907. The lowest BCUT2D eigenvalue weighted by molar-refractivity contribution is -0.144. The Hall–Kier alpha value is -2.58. The van der Waals surface area contributed by atoms with Crippen molar-refractivity contribution >= 4 is 11.9 Å². The highest BCUT2D eigenvalue weighted by Gasteiger charge is 2.35. The van der Waals surface area contributed by atoms with Gasteiger partial charge in [-0.25, -0.2) is 0 Å². The van der Waals surface area contributed by atoms with Gasteiger partial charge in [-0.1, -0.05) is 12.1 Å². The van der Waals surface area contributed by atoms with Crippen molar-refractivity contribution in [2.24, 2.45) is 0 Å². The van der Waals surface area contributed by atoms with E-state index in [-0.39, 0.29) is 6.42 Å². The number of hydrogen-bond acceptors (Lipinski definition) is 4. The second kappa shape index (κ2) is 5.32. The number of amides is 1. The van der Waals surface area contributed by atoms with Crippen LogP contribution in [0.4, 0.5) is 19.1 Å². The molecular weight excluding hydrogens is 301 g/mol. The van der Waals surface area contributed by atoms with Crippen LogP contribution in [0, 0.1) is 0 Å². The fourth-order valence-corrected chi connectivity index (χ4v) is 2.15. The van der Waals surface area contributed by atoms with Crippen molar-refractivity contribution in [2.75, 3.05) is 11.9 Å². The summed E-state index contributed by atoms with van der Waals surface area (Å²) in [6.45, 7) is 0.613. The summed E-state index contributed by atoms with van der Waals surface area (Å²) in [5.41, 5.74) is 1.76. The van der Waals surface area contributed by atoms with E-state index in [9.17, 15) is 18.0 Å². The molecule has 0 radical (unpaired) electrons. The number of aromatic nitrogens is 3. The third-order valence-electron chi connectivity index (χ3n) is 3.12. The SMILES string of the molecule is O=C(Cc1ccc2c(c1)CCO2)Nc1n[nH]c(C(F)(F)F)n1. The van der Waals surface area contributed by atoms with Crippen LogP contribution in [0.3, 0.4) is 0 Å². The maximum Gasteiger partial charge on any atom is 0.451 e. The van der Waals surface area contributed by atoms with E-state index in [1.807, 2.05) is 6.07 Å². The van der Waals surface area contributed by atoms with Crippen LogP contribution >= 0.6 is 0 Å². The Balaban J connectivity index is 1.64. The van der Waals surface area contributed by atoms with Gasteiger partial charge in [-0.2, -0.15) is 18.2 Å². The molecule has 0 atom stereocenters. The molecule has 0 spiro atoms. The zero-order valence-corrected chi connectivity index (χ0v) is 11.2. The minimum Gasteiger partial charge on any atom is -0.493 e. The van der Waals surface area contributed by atoms with Gasteiger partial charge in [0.2, 0.25) is 17.7 Å². The first-order valence-electron chi connectivity index (χ1n) is 6.46. The van der Waals surface area contributed by atoms with Gasteiger partial charge in [-0.3, -0.25) is 15.2 Å². The maximum atomic E-state index is 12.4. The van der Waals surface area contributed by atoms with E-state index in [2.05, 4.69) is 15.4 Å². The Kier molecular flexibility index (Phi) is 3.47. The number of H-pyrrole nitrogens is 1. The zero-order valence-electron chi connectivity index (χ0n) is 11.2. The van der Waals surface area contributed by atoms with E-state index in [0.717, 1.165) is 23.3 Å². The summed E-state index contributed by atoms with van der Waals surface area (Å²) < 4.78 is 42.4. The molecule has 3 rings (SSSR count). The summed E-state index contributed by atoms with van der Waals surface area (Å²) >= 11 is 0. The molecule has 22 heavy (non-hydrogen) atoms. The van der Waals surface area contributed by atoms with Gasteiger partial charge in [0.25, 0.3) is 0 Å². The second-order valence-corrected chi connectivity index (χ2v) is 4.77. The predicted molar refractivity (Wildman–Crippen MR) is 69.4 cm³/mol. The molecule has 2 N–H and O–H groups in total. The van der Waals surface area contributed by atoms with Gasteiger partial charge < -0.3 is 4.74 Å². The van der Waals surface area contributed by atoms with E-state index < -0.39 is 23.9 Å². The lowest BCUT2D eigenvalue weighted by Gasteiger charge is -2.04. The highest BCUT2D eigenvalue weighted by atomic mass is 19.4. The van der Waals surface area contributed by atoms with Gasteiger partial charge >= 0.3 is 6.18 Å². The van der Waals surface area contributed by atoms with Crippen LogP contribution in [0.1, 0.15) is 17.0 Å². The van der Waals surface area contributed by atoms with Crippen molar-refractivity contribution in [3.63, 3.8) is 0 Å². The molecule has 0 unspecified atom stereocenters. The molecule has 0 saturated carbocycles. The molecule has 1 aromatic heterocycles. The van der Waals surface area contributed by atoms with E-state index in [4.69, 9.17) is 4.74 Å². The van der Waals surface area contributed by atoms with Crippen LogP contribution in [0.25, 0.3) is 0 Å². The van der Waals surface area contributed by atoms with E-state index >= 15 is 0 Å². The third kappa shape index (κ3) is 3.02. The third-order valence-corrected chi connectivity index (χ3v) is 3.12. The van der Waals surface area contributed by atoms with Gasteiger partial charge in [-0.15, -0.1) is 5.10 Å². The molecule has 9 heteroatoms. The number of nitrogens with one attached hydrogen (secondary N) is 2. The number of anilines is 1. The molecule has 1 aromatic carbocycles. The van der Waals surface area contributed by atoms with Crippen molar-refractivity contribution in [2.45, 2.75) is 19.0 Å². The van der Waals surface area contributed by atoms with E-state index in [1.54, 1.807) is 17.2 Å². The second-order valence-electron chi connectivity index (χ2n) is 4.77. The monoisotopic (exact) mass is 312 g/mol. The number of fused-ring (bicyclic) bond motifs is 1. The number of carbonyl (C=O) groups is 1. The molecule has 116 valence electrons. The predicted octanol–water partition coefficient (Wildman–Crippen LogP) is 1.94. The molecule has 6 nitrogen and oxygen atoms in total. The number of aromatic amines is 1. The molecular formula is C13H11F3N4O2. The van der Waals surface area contributed by atoms with E-state index in [0.29, 0.717) is 6.61 Å². The smallest absolute Gasteiger partial charge is 0.451 e. The van der Waals surface area contributed by atoms with Gasteiger partial charge in [0, 0.05) is 6.42 Å². The maximum absolute atomic E-state index is 12.4. The van der Waals surface area contributed by atoms with Crippen molar-refractivity contribution in [3.05, 3.63) is 35.2 Å². The highest BCUT2D eigenvalue weighted by Crippen LogP contribution is 2.27. The molecule has 2 aromatic rings. The topological polar surface area (TPSA) is 79.9 Å². The number of rotatable bonds is 3. The summed E-state index contributed by atoms with van der Waals surface area (Å²) in [6, 6.07) is 5.36. The molecule has 0 aliphatic carbocycles. The van der Waals surface area contributed by atoms with Gasteiger partial charge in [-0.05, 0) is 17.2 Å². The molecule has 1 amide bonds. The lowest BCUT2D eigenvalue weighted by Crippen LogP contribution is -2.15.